The highest BCUT2D eigenvalue weighted by atomic mass is 16.4. The lowest BCUT2D eigenvalue weighted by atomic mass is 9.87. The van der Waals surface area contributed by atoms with Gasteiger partial charge >= 0.3 is 5.97 Å². The Morgan fingerprint density at radius 2 is 1.94 bits per heavy atom. The van der Waals surface area contributed by atoms with Crippen LogP contribution in [-0.4, -0.2) is 11.1 Å². The number of rotatable bonds is 4. The molecule has 1 aromatic carbocycles. The molecule has 16 heavy (non-hydrogen) atoms. The van der Waals surface area contributed by atoms with Crippen LogP contribution in [-0.2, 0) is 11.2 Å². The predicted molar refractivity (Wildman–Crippen MR) is 65.6 cm³/mol. The minimum absolute atomic E-state index is 0.165. The van der Waals surface area contributed by atoms with Gasteiger partial charge in [0, 0.05) is 0 Å². The quantitative estimate of drug-likeness (QED) is 0.846. The number of benzene rings is 1. The molecule has 88 valence electrons. The van der Waals surface area contributed by atoms with Crippen molar-refractivity contribution in [1.29, 1.82) is 0 Å². The van der Waals surface area contributed by atoms with Crippen molar-refractivity contribution >= 4 is 5.97 Å². The summed E-state index contributed by atoms with van der Waals surface area (Å²) < 4.78 is 0. The average molecular weight is 220 g/mol. The molecule has 1 N–H and O–H groups in total. The maximum atomic E-state index is 11.1. The molecule has 0 heterocycles. The lowest BCUT2D eigenvalue weighted by molar-refractivity contribution is -0.143. The molecule has 0 saturated carbocycles. The Morgan fingerprint density at radius 3 is 2.38 bits per heavy atom. The molecule has 0 radical (unpaired) electrons. The lowest BCUT2D eigenvalue weighted by Gasteiger charge is -2.17. The molecule has 1 aromatic rings. The van der Waals surface area contributed by atoms with Crippen LogP contribution in [0.1, 0.15) is 30.5 Å². The zero-order chi connectivity index (χ0) is 12.3. The Hall–Kier alpha value is -1.31. The molecule has 0 bridgehead atoms. The fraction of sp³-hybridized carbons (Fsp3) is 0.500. The van der Waals surface area contributed by atoms with Crippen LogP contribution < -0.4 is 0 Å². The second-order valence-electron chi connectivity index (χ2n) is 4.82. The minimum atomic E-state index is -0.699. The van der Waals surface area contributed by atoms with Gasteiger partial charge in [-0.3, -0.25) is 4.79 Å². The van der Waals surface area contributed by atoms with E-state index in [-0.39, 0.29) is 11.8 Å². The van der Waals surface area contributed by atoms with E-state index in [0.717, 1.165) is 5.56 Å². The maximum absolute atomic E-state index is 11.1. The van der Waals surface area contributed by atoms with Crippen molar-refractivity contribution < 1.29 is 9.90 Å². The Labute approximate surface area is 97.3 Å². The van der Waals surface area contributed by atoms with Gasteiger partial charge < -0.3 is 5.11 Å². The third-order valence-corrected chi connectivity index (χ3v) is 3.06. The predicted octanol–water partition coefficient (Wildman–Crippen LogP) is 3.20. The first-order valence-corrected chi connectivity index (χ1v) is 5.70. The molecule has 1 unspecified atom stereocenters. The number of hydrogen-bond donors (Lipinski definition) is 1. The number of hydrogen-bond acceptors (Lipinski definition) is 1. The first kappa shape index (κ1) is 12.8. The van der Waals surface area contributed by atoms with Gasteiger partial charge in [-0.25, -0.2) is 0 Å². The lowest BCUT2D eigenvalue weighted by Crippen LogP contribution is -2.22. The van der Waals surface area contributed by atoms with Crippen LogP contribution in [0.4, 0.5) is 0 Å². The summed E-state index contributed by atoms with van der Waals surface area (Å²) in [5.41, 5.74) is 3.55. The molecule has 0 amide bonds. The molecule has 0 spiro atoms. The summed E-state index contributed by atoms with van der Waals surface area (Å²) in [6, 6.07) is 6.19. The molecular weight excluding hydrogens is 200 g/mol. The second-order valence-corrected chi connectivity index (χ2v) is 4.82. The number of carboxylic acid groups (broad SMARTS) is 1. The van der Waals surface area contributed by atoms with Crippen molar-refractivity contribution in [3.8, 4) is 0 Å². The molecule has 0 aliphatic carbocycles. The van der Waals surface area contributed by atoms with E-state index in [1.165, 1.54) is 11.1 Å². The van der Waals surface area contributed by atoms with Crippen molar-refractivity contribution in [3.63, 3.8) is 0 Å². The fourth-order valence-electron chi connectivity index (χ4n) is 1.92. The van der Waals surface area contributed by atoms with Crippen LogP contribution in [0.15, 0.2) is 18.2 Å². The van der Waals surface area contributed by atoms with Crippen molar-refractivity contribution in [1.82, 2.24) is 0 Å². The summed E-state index contributed by atoms with van der Waals surface area (Å²) >= 11 is 0. The molecule has 0 aromatic heterocycles. The molecule has 2 nitrogen and oxygen atoms in total. The van der Waals surface area contributed by atoms with Crippen LogP contribution in [0.25, 0.3) is 0 Å². The third-order valence-electron chi connectivity index (χ3n) is 3.06. The van der Waals surface area contributed by atoms with Crippen molar-refractivity contribution in [3.05, 3.63) is 34.9 Å². The molecule has 0 aliphatic rings. The van der Waals surface area contributed by atoms with E-state index in [9.17, 15) is 4.79 Å². The van der Waals surface area contributed by atoms with Crippen LogP contribution in [0.2, 0.25) is 0 Å². The SMILES string of the molecule is Cc1ccc(CC(C(=O)O)C(C)C)c(C)c1. The third kappa shape index (κ3) is 3.09. The summed E-state index contributed by atoms with van der Waals surface area (Å²) in [6.07, 6.45) is 0.624. The summed E-state index contributed by atoms with van der Waals surface area (Å²) in [5.74, 6) is -0.824. The van der Waals surface area contributed by atoms with E-state index in [4.69, 9.17) is 5.11 Å². The highest BCUT2D eigenvalue weighted by Gasteiger charge is 2.22. The van der Waals surface area contributed by atoms with E-state index in [0.29, 0.717) is 6.42 Å². The summed E-state index contributed by atoms with van der Waals surface area (Å²) in [7, 11) is 0. The zero-order valence-electron chi connectivity index (χ0n) is 10.4. The van der Waals surface area contributed by atoms with Gasteiger partial charge in [0.25, 0.3) is 0 Å². The number of carboxylic acids is 1. The van der Waals surface area contributed by atoms with Gasteiger partial charge in [0.15, 0.2) is 0 Å². The fourth-order valence-corrected chi connectivity index (χ4v) is 1.92. The molecule has 2 heteroatoms. The van der Waals surface area contributed by atoms with Gasteiger partial charge in [-0.05, 0) is 37.3 Å². The topological polar surface area (TPSA) is 37.3 Å². The van der Waals surface area contributed by atoms with Gasteiger partial charge in [-0.1, -0.05) is 37.6 Å². The molecular formula is C14H20O2. The van der Waals surface area contributed by atoms with E-state index >= 15 is 0 Å². The van der Waals surface area contributed by atoms with Crippen LogP contribution in [0.5, 0.6) is 0 Å². The smallest absolute Gasteiger partial charge is 0.307 e. The second kappa shape index (κ2) is 5.15. The largest absolute Gasteiger partial charge is 0.481 e. The van der Waals surface area contributed by atoms with Crippen molar-refractivity contribution in [2.75, 3.05) is 0 Å². The monoisotopic (exact) mass is 220 g/mol. The number of aliphatic carboxylic acids is 1. The highest BCUT2D eigenvalue weighted by Crippen LogP contribution is 2.20. The first-order chi connectivity index (χ1) is 7.41. The number of aryl methyl sites for hydroxylation is 2. The van der Waals surface area contributed by atoms with Crippen molar-refractivity contribution in [2.24, 2.45) is 11.8 Å². The van der Waals surface area contributed by atoms with Gasteiger partial charge in [0.05, 0.1) is 5.92 Å². The van der Waals surface area contributed by atoms with E-state index in [1.54, 1.807) is 0 Å². The summed E-state index contributed by atoms with van der Waals surface area (Å²) in [4.78, 5) is 11.1. The molecule has 1 atom stereocenters. The summed E-state index contributed by atoms with van der Waals surface area (Å²) in [5, 5.41) is 9.15. The van der Waals surface area contributed by atoms with Gasteiger partial charge in [-0.15, -0.1) is 0 Å². The minimum Gasteiger partial charge on any atom is -0.481 e. The normalized spacial score (nSPS) is 12.8. The number of carbonyl (C=O) groups is 1. The molecule has 0 aliphatic heterocycles. The Bertz CT molecular complexity index is 380. The van der Waals surface area contributed by atoms with Gasteiger partial charge in [0.1, 0.15) is 0 Å². The Morgan fingerprint density at radius 1 is 1.31 bits per heavy atom. The maximum Gasteiger partial charge on any atom is 0.307 e. The Kier molecular flexibility index (Phi) is 4.11. The van der Waals surface area contributed by atoms with E-state index < -0.39 is 5.97 Å². The molecule has 0 fully saturated rings. The molecule has 1 rings (SSSR count). The standard InChI is InChI=1S/C14H20O2/c1-9(2)13(14(15)16)8-12-6-5-10(3)7-11(12)4/h5-7,9,13H,8H2,1-4H3,(H,15,16). The Balaban J connectivity index is 2.90. The van der Waals surface area contributed by atoms with Crippen LogP contribution >= 0.6 is 0 Å². The average Bonchev–Trinajstić information content (AvgIpc) is 2.15. The summed E-state index contributed by atoms with van der Waals surface area (Å²) in [6.45, 7) is 8.01. The van der Waals surface area contributed by atoms with Gasteiger partial charge in [0.2, 0.25) is 0 Å². The van der Waals surface area contributed by atoms with E-state index in [1.807, 2.05) is 39.8 Å². The van der Waals surface area contributed by atoms with Gasteiger partial charge in [-0.2, -0.15) is 0 Å². The zero-order valence-corrected chi connectivity index (χ0v) is 10.4. The van der Waals surface area contributed by atoms with Crippen LogP contribution in [0, 0.1) is 25.7 Å². The highest BCUT2D eigenvalue weighted by molar-refractivity contribution is 5.70. The van der Waals surface area contributed by atoms with Crippen molar-refractivity contribution in [2.45, 2.75) is 34.1 Å². The van der Waals surface area contributed by atoms with E-state index in [2.05, 4.69) is 6.07 Å². The first-order valence-electron chi connectivity index (χ1n) is 5.70. The van der Waals surface area contributed by atoms with Crippen LogP contribution in [0.3, 0.4) is 0 Å². The molecule has 0 saturated heterocycles.